The number of amides is 2. The van der Waals surface area contributed by atoms with Gasteiger partial charge in [-0.2, -0.15) is 0 Å². The van der Waals surface area contributed by atoms with E-state index in [1.165, 1.54) is 0 Å². The van der Waals surface area contributed by atoms with Crippen molar-refractivity contribution in [1.29, 1.82) is 0 Å². The van der Waals surface area contributed by atoms with E-state index in [1.807, 2.05) is 35.9 Å². The average Bonchev–Trinajstić information content (AvgIpc) is 2.89. The molecule has 0 fully saturated rings. The molecule has 0 saturated carbocycles. The summed E-state index contributed by atoms with van der Waals surface area (Å²) in [5.41, 5.74) is 6.52. The Labute approximate surface area is 140 Å². The van der Waals surface area contributed by atoms with Crippen LogP contribution in [0.5, 0.6) is 0 Å². The highest BCUT2D eigenvalue weighted by Gasteiger charge is 2.15. The molecule has 0 aliphatic heterocycles. The number of benzene rings is 1. The van der Waals surface area contributed by atoms with E-state index >= 15 is 0 Å². The second kappa shape index (κ2) is 8.26. The van der Waals surface area contributed by atoms with Gasteiger partial charge in [-0.15, -0.1) is 6.58 Å². The van der Waals surface area contributed by atoms with Gasteiger partial charge in [0, 0.05) is 7.05 Å². The van der Waals surface area contributed by atoms with Gasteiger partial charge < -0.3 is 9.30 Å². The summed E-state index contributed by atoms with van der Waals surface area (Å²) in [4.78, 5) is 28.2. The standard InChI is InChI=1S/C17H22N4O3/c1-4-5-10-24-12(2)17(23)20-19-16(22)11-15-18-13-8-6-7-9-14(13)21(15)3/h4,6-9,12H,1,5,10-11H2,2-3H3,(H,19,22)(H,20,23). The molecule has 0 saturated heterocycles. The Morgan fingerprint density at radius 1 is 1.38 bits per heavy atom. The van der Waals surface area contributed by atoms with Crippen LogP contribution in [0.15, 0.2) is 36.9 Å². The van der Waals surface area contributed by atoms with Crippen molar-refractivity contribution in [3.63, 3.8) is 0 Å². The Morgan fingerprint density at radius 2 is 2.12 bits per heavy atom. The van der Waals surface area contributed by atoms with Crippen LogP contribution >= 0.6 is 0 Å². The first-order valence-corrected chi connectivity index (χ1v) is 7.74. The molecular weight excluding hydrogens is 308 g/mol. The van der Waals surface area contributed by atoms with Crippen molar-refractivity contribution in [1.82, 2.24) is 20.4 Å². The Morgan fingerprint density at radius 3 is 2.83 bits per heavy atom. The second-order valence-corrected chi connectivity index (χ2v) is 5.38. The number of imidazole rings is 1. The molecule has 0 spiro atoms. The molecule has 1 atom stereocenters. The third-order valence-corrected chi connectivity index (χ3v) is 3.58. The number of ether oxygens (including phenoxy) is 1. The van der Waals surface area contributed by atoms with Crippen LogP contribution in [-0.4, -0.2) is 34.1 Å². The van der Waals surface area contributed by atoms with Crippen molar-refractivity contribution in [3.05, 3.63) is 42.7 Å². The summed E-state index contributed by atoms with van der Waals surface area (Å²) in [5.74, 6) is -0.129. The van der Waals surface area contributed by atoms with Gasteiger partial charge in [-0.1, -0.05) is 18.2 Å². The van der Waals surface area contributed by atoms with Gasteiger partial charge in [0.25, 0.3) is 5.91 Å². The molecule has 0 radical (unpaired) electrons. The highest BCUT2D eigenvalue weighted by atomic mass is 16.5. The molecule has 0 aliphatic rings. The number of fused-ring (bicyclic) bond motifs is 1. The average molecular weight is 330 g/mol. The molecule has 2 rings (SSSR count). The lowest BCUT2D eigenvalue weighted by Gasteiger charge is -2.13. The Kier molecular flexibility index (Phi) is 6.08. The van der Waals surface area contributed by atoms with E-state index in [9.17, 15) is 9.59 Å². The number of nitrogens with one attached hydrogen (secondary N) is 2. The van der Waals surface area contributed by atoms with Crippen molar-refractivity contribution >= 4 is 22.8 Å². The summed E-state index contributed by atoms with van der Waals surface area (Å²) in [6, 6.07) is 7.64. The maximum absolute atomic E-state index is 12.0. The Hall–Kier alpha value is -2.67. The number of hydrogen-bond acceptors (Lipinski definition) is 4. The molecule has 24 heavy (non-hydrogen) atoms. The molecule has 1 unspecified atom stereocenters. The van der Waals surface area contributed by atoms with Crippen LogP contribution in [0.3, 0.4) is 0 Å². The van der Waals surface area contributed by atoms with Gasteiger partial charge in [0.05, 0.1) is 24.1 Å². The van der Waals surface area contributed by atoms with Crippen LogP contribution < -0.4 is 10.9 Å². The summed E-state index contributed by atoms with van der Waals surface area (Å²) in [6.07, 6.45) is 1.79. The third kappa shape index (κ3) is 4.42. The van der Waals surface area contributed by atoms with E-state index in [4.69, 9.17) is 4.74 Å². The molecule has 2 amide bonds. The minimum atomic E-state index is -0.652. The first-order valence-electron chi connectivity index (χ1n) is 7.74. The molecule has 1 aromatic carbocycles. The molecular formula is C17H22N4O3. The fourth-order valence-electron chi connectivity index (χ4n) is 2.18. The number of aromatic nitrogens is 2. The SMILES string of the molecule is C=CCCOC(C)C(=O)NNC(=O)Cc1nc2ccccc2n1C. The topological polar surface area (TPSA) is 85.2 Å². The maximum atomic E-state index is 12.0. The number of aryl methyl sites for hydroxylation is 1. The normalized spacial score (nSPS) is 11.9. The lowest BCUT2D eigenvalue weighted by atomic mass is 10.3. The van der Waals surface area contributed by atoms with Crippen LogP contribution in [0.4, 0.5) is 0 Å². The first-order chi connectivity index (χ1) is 11.5. The van der Waals surface area contributed by atoms with E-state index in [0.717, 1.165) is 11.0 Å². The van der Waals surface area contributed by atoms with Gasteiger partial charge >= 0.3 is 0 Å². The maximum Gasteiger partial charge on any atom is 0.267 e. The summed E-state index contributed by atoms with van der Waals surface area (Å²) >= 11 is 0. The number of carbonyl (C=O) groups excluding carboxylic acids is 2. The van der Waals surface area contributed by atoms with Crippen LogP contribution in [0.1, 0.15) is 19.2 Å². The molecule has 0 aliphatic carbocycles. The van der Waals surface area contributed by atoms with Crippen LogP contribution in [0.25, 0.3) is 11.0 Å². The van der Waals surface area contributed by atoms with Crippen molar-refractivity contribution < 1.29 is 14.3 Å². The van der Waals surface area contributed by atoms with Crippen molar-refractivity contribution in [2.45, 2.75) is 25.9 Å². The lowest BCUT2D eigenvalue weighted by molar-refractivity contribution is -0.135. The highest BCUT2D eigenvalue weighted by molar-refractivity contribution is 5.85. The number of hydrazine groups is 1. The van der Waals surface area contributed by atoms with Gasteiger partial charge in [-0.25, -0.2) is 4.98 Å². The fourth-order valence-corrected chi connectivity index (χ4v) is 2.18. The van der Waals surface area contributed by atoms with Gasteiger partial charge in [-0.05, 0) is 25.5 Å². The summed E-state index contributed by atoms with van der Waals surface area (Å²) < 4.78 is 7.16. The van der Waals surface area contributed by atoms with Gasteiger partial charge in [0.2, 0.25) is 5.91 Å². The Bertz CT molecular complexity index is 739. The second-order valence-electron chi connectivity index (χ2n) is 5.38. The van der Waals surface area contributed by atoms with E-state index in [-0.39, 0.29) is 12.3 Å². The van der Waals surface area contributed by atoms with E-state index in [0.29, 0.717) is 18.9 Å². The van der Waals surface area contributed by atoms with E-state index in [2.05, 4.69) is 22.4 Å². The minimum Gasteiger partial charge on any atom is -0.368 e. The van der Waals surface area contributed by atoms with Gasteiger partial charge in [-0.3, -0.25) is 20.4 Å². The zero-order valence-electron chi connectivity index (χ0n) is 13.9. The van der Waals surface area contributed by atoms with Crippen molar-refractivity contribution in [2.24, 2.45) is 7.05 Å². The first kappa shape index (κ1) is 17.7. The molecule has 7 nitrogen and oxygen atoms in total. The molecule has 128 valence electrons. The number of para-hydroxylation sites is 2. The van der Waals surface area contributed by atoms with Crippen LogP contribution in [-0.2, 0) is 27.8 Å². The number of carbonyl (C=O) groups is 2. The van der Waals surface area contributed by atoms with Gasteiger partial charge in [0.15, 0.2) is 0 Å². The molecule has 7 heteroatoms. The molecule has 1 heterocycles. The molecule has 0 bridgehead atoms. The zero-order chi connectivity index (χ0) is 17.5. The predicted octanol–water partition coefficient (Wildman–Crippen LogP) is 1.24. The molecule has 2 aromatic rings. The smallest absolute Gasteiger partial charge is 0.267 e. The summed E-state index contributed by atoms with van der Waals surface area (Å²) in [7, 11) is 1.85. The van der Waals surface area contributed by atoms with Crippen LogP contribution in [0.2, 0.25) is 0 Å². The highest BCUT2D eigenvalue weighted by Crippen LogP contribution is 2.14. The fraction of sp³-hybridized carbons (Fsp3) is 0.353. The lowest BCUT2D eigenvalue weighted by Crippen LogP contribution is -2.47. The number of hydrogen-bond donors (Lipinski definition) is 2. The van der Waals surface area contributed by atoms with E-state index in [1.54, 1.807) is 13.0 Å². The van der Waals surface area contributed by atoms with Crippen LogP contribution in [0, 0.1) is 0 Å². The predicted molar refractivity (Wildman–Crippen MR) is 90.9 cm³/mol. The number of nitrogens with zero attached hydrogens (tertiary/aromatic N) is 2. The van der Waals surface area contributed by atoms with E-state index < -0.39 is 12.0 Å². The van der Waals surface area contributed by atoms with Gasteiger partial charge in [0.1, 0.15) is 11.9 Å². The zero-order valence-corrected chi connectivity index (χ0v) is 13.9. The summed E-state index contributed by atoms with van der Waals surface area (Å²) in [6.45, 7) is 5.61. The molecule has 2 N–H and O–H groups in total. The van der Waals surface area contributed by atoms with Crippen molar-refractivity contribution in [3.8, 4) is 0 Å². The Balaban J connectivity index is 1.85. The third-order valence-electron chi connectivity index (χ3n) is 3.58. The largest absolute Gasteiger partial charge is 0.368 e. The minimum absolute atomic E-state index is 0.0666. The summed E-state index contributed by atoms with van der Waals surface area (Å²) in [5, 5.41) is 0. The number of rotatable bonds is 7. The molecule has 1 aromatic heterocycles. The monoisotopic (exact) mass is 330 g/mol. The van der Waals surface area contributed by atoms with Crippen molar-refractivity contribution in [2.75, 3.05) is 6.61 Å². The quantitative estimate of drug-likeness (QED) is 0.454.